The summed E-state index contributed by atoms with van der Waals surface area (Å²) in [6.45, 7) is 8.06. The van der Waals surface area contributed by atoms with E-state index >= 15 is 0 Å². The third kappa shape index (κ3) is 5.93. The number of fused-ring (bicyclic) bond motifs is 1. The van der Waals surface area contributed by atoms with Crippen LogP contribution in [0.15, 0.2) is 78.9 Å². The average molecular weight is 470 g/mol. The number of para-hydroxylation sites is 1. The van der Waals surface area contributed by atoms with Crippen molar-refractivity contribution in [2.45, 2.75) is 52.4 Å². The smallest absolute Gasteiger partial charge is 0.247 e. The lowest BCUT2D eigenvalue weighted by Gasteiger charge is -2.34. The minimum atomic E-state index is -0.806. The Balaban J connectivity index is 1.74. The molecule has 0 fully saturated rings. The maximum Gasteiger partial charge on any atom is 0.247 e. The first-order chi connectivity index (χ1) is 16.7. The molecule has 1 atom stereocenters. The standard InChI is InChI=1S/C28H31N5O2/c1-20-14-16-21(17-15-20)18-32(25(34)19-33-24-13-9-8-12-23(24)30-31-33)26(22-10-6-5-7-11-22)27(35)29-28(2,3)4/h5-17,26H,18-19H2,1-4H3,(H,29,35)/t26-/m1/s1. The van der Waals surface area contributed by atoms with Crippen LogP contribution in [-0.2, 0) is 22.7 Å². The highest BCUT2D eigenvalue weighted by molar-refractivity contribution is 5.89. The van der Waals surface area contributed by atoms with Crippen LogP contribution < -0.4 is 5.32 Å². The number of aromatic nitrogens is 3. The average Bonchev–Trinajstić information content (AvgIpc) is 3.22. The molecule has 4 aromatic rings. The predicted molar refractivity (Wildman–Crippen MR) is 136 cm³/mol. The second-order valence-corrected chi connectivity index (χ2v) is 9.80. The van der Waals surface area contributed by atoms with Gasteiger partial charge in [0, 0.05) is 12.1 Å². The fourth-order valence-corrected chi connectivity index (χ4v) is 4.01. The van der Waals surface area contributed by atoms with E-state index in [2.05, 4.69) is 15.6 Å². The van der Waals surface area contributed by atoms with Crippen molar-refractivity contribution >= 4 is 22.8 Å². The van der Waals surface area contributed by atoms with E-state index in [0.717, 1.165) is 27.7 Å². The number of amides is 2. The van der Waals surface area contributed by atoms with E-state index < -0.39 is 11.6 Å². The number of hydrogen-bond acceptors (Lipinski definition) is 4. The fourth-order valence-electron chi connectivity index (χ4n) is 4.01. The Bertz CT molecular complexity index is 1310. The molecule has 0 aliphatic heterocycles. The van der Waals surface area contributed by atoms with Crippen molar-refractivity contribution in [2.75, 3.05) is 0 Å². The van der Waals surface area contributed by atoms with Gasteiger partial charge in [-0.05, 0) is 51.0 Å². The van der Waals surface area contributed by atoms with E-state index in [-0.39, 0.29) is 24.9 Å². The van der Waals surface area contributed by atoms with Crippen molar-refractivity contribution in [1.82, 2.24) is 25.2 Å². The molecular weight excluding hydrogens is 438 g/mol. The molecule has 2 amide bonds. The van der Waals surface area contributed by atoms with E-state index in [0.29, 0.717) is 0 Å². The Morgan fingerprint density at radius 2 is 1.60 bits per heavy atom. The van der Waals surface area contributed by atoms with Crippen molar-refractivity contribution in [3.05, 3.63) is 95.6 Å². The molecule has 4 rings (SSSR count). The van der Waals surface area contributed by atoms with E-state index in [1.54, 1.807) is 9.58 Å². The van der Waals surface area contributed by atoms with Gasteiger partial charge in [0.05, 0.1) is 5.52 Å². The maximum absolute atomic E-state index is 13.9. The first kappa shape index (κ1) is 24.1. The first-order valence-electron chi connectivity index (χ1n) is 11.7. The van der Waals surface area contributed by atoms with Gasteiger partial charge in [0.25, 0.3) is 0 Å². The summed E-state index contributed by atoms with van der Waals surface area (Å²) in [5.41, 5.74) is 3.85. The van der Waals surface area contributed by atoms with Crippen molar-refractivity contribution in [3.8, 4) is 0 Å². The van der Waals surface area contributed by atoms with E-state index in [1.165, 1.54) is 0 Å². The number of carbonyl (C=O) groups is 2. The van der Waals surface area contributed by atoms with E-state index in [1.807, 2.05) is 107 Å². The Morgan fingerprint density at radius 1 is 0.943 bits per heavy atom. The molecule has 1 N–H and O–H groups in total. The molecule has 0 radical (unpaired) electrons. The molecule has 0 bridgehead atoms. The van der Waals surface area contributed by atoms with E-state index in [9.17, 15) is 9.59 Å². The lowest BCUT2D eigenvalue weighted by Crippen LogP contribution is -2.49. The quantitative estimate of drug-likeness (QED) is 0.434. The highest BCUT2D eigenvalue weighted by atomic mass is 16.2. The molecule has 0 spiro atoms. The van der Waals surface area contributed by atoms with Crippen LogP contribution in [0.5, 0.6) is 0 Å². The number of rotatable bonds is 7. The van der Waals surface area contributed by atoms with Gasteiger partial charge in [-0.3, -0.25) is 9.59 Å². The van der Waals surface area contributed by atoms with Crippen LogP contribution >= 0.6 is 0 Å². The molecular formula is C28H31N5O2. The number of hydrogen-bond donors (Lipinski definition) is 1. The minimum absolute atomic E-state index is 0.0293. The zero-order valence-corrected chi connectivity index (χ0v) is 20.6. The molecule has 1 aromatic heterocycles. The number of nitrogens with zero attached hydrogens (tertiary/aromatic N) is 4. The van der Waals surface area contributed by atoms with Gasteiger partial charge in [-0.25, -0.2) is 4.68 Å². The molecule has 3 aromatic carbocycles. The summed E-state index contributed by atoms with van der Waals surface area (Å²) in [6, 6.07) is 24.1. The molecule has 0 saturated carbocycles. The summed E-state index contributed by atoms with van der Waals surface area (Å²) < 4.78 is 1.59. The number of aryl methyl sites for hydroxylation is 1. The summed E-state index contributed by atoms with van der Waals surface area (Å²) in [6.07, 6.45) is 0. The largest absolute Gasteiger partial charge is 0.349 e. The van der Waals surface area contributed by atoms with Crippen molar-refractivity contribution in [2.24, 2.45) is 0 Å². The van der Waals surface area contributed by atoms with Crippen LogP contribution in [0, 0.1) is 6.92 Å². The molecule has 0 aliphatic rings. The minimum Gasteiger partial charge on any atom is -0.349 e. The van der Waals surface area contributed by atoms with Gasteiger partial charge in [-0.1, -0.05) is 77.5 Å². The van der Waals surface area contributed by atoms with Gasteiger partial charge in [-0.2, -0.15) is 0 Å². The Morgan fingerprint density at radius 3 is 2.29 bits per heavy atom. The molecule has 35 heavy (non-hydrogen) atoms. The Kier molecular flexibility index (Phi) is 6.96. The van der Waals surface area contributed by atoms with Gasteiger partial charge in [0.2, 0.25) is 11.8 Å². The topological polar surface area (TPSA) is 80.1 Å². The lowest BCUT2D eigenvalue weighted by atomic mass is 10.0. The second kappa shape index (κ2) is 10.1. The van der Waals surface area contributed by atoms with Gasteiger partial charge < -0.3 is 10.2 Å². The summed E-state index contributed by atoms with van der Waals surface area (Å²) in [4.78, 5) is 29.1. The second-order valence-electron chi connectivity index (χ2n) is 9.80. The molecule has 0 aliphatic carbocycles. The zero-order chi connectivity index (χ0) is 25.0. The van der Waals surface area contributed by atoms with Crippen molar-refractivity contribution in [3.63, 3.8) is 0 Å². The zero-order valence-electron chi connectivity index (χ0n) is 20.6. The van der Waals surface area contributed by atoms with Crippen LogP contribution in [0.4, 0.5) is 0 Å². The molecule has 7 nitrogen and oxygen atoms in total. The third-order valence-electron chi connectivity index (χ3n) is 5.67. The predicted octanol–water partition coefficient (Wildman–Crippen LogP) is 4.42. The molecule has 0 unspecified atom stereocenters. The molecule has 0 saturated heterocycles. The van der Waals surface area contributed by atoms with Gasteiger partial charge >= 0.3 is 0 Å². The van der Waals surface area contributed by atoms with Gasteiger partial charge in [-0.15, -0.1) is 5.10 Å². The molecule has 1 heterocycles. The maximum atomic E-state index is 13.9. The summed E-state index contributed by atoms with van der Waals surface area (Å²) in [5, 5.41) is 11.4. The lowest BCUT2D eigenvalue weighted by molar-refractivity contribution is -0.142. The highest BCUT2D eigenvalue weighted by Crippen LogP contribution is 2.26. The summed E-state index contributed by atoms with van der Waals surface area (Å²) in [5.74, 6) is -0.452. The number of benzene rings is 3. The van der Waals surface area contributed by atoms with Crippen LogP contribution in [0.1, 0.15) is 43.5 Å². The summed E-state index contributed by atoms with van der Waals surface area (Å²) in [7, 11) is 0. The van der Waals surface area contributed by atoms with Crippen LogP contribution in [0.2, 0.25) is 0 Å². The fraction of sp³-hybridized carbons (Fsp3) is 0.286. The van der Waals surface area contributed by atoms with Crippen molar-refractivity contribution < 1.29 is 9.59 Å². The monoisotopic (exact) mass is 469 g/mol. The van der Waals surface area contributed by atoms with E-state index in [4.69, 9.17) is 0 Å². The first-order valence-corrected chi connectivity index (χ1v) is 11.7. The third-order valence-corrected chi connectivity index (χ3v) is 5.67. The SMILES string of the molecule is Cc1ccc(CN(C(=O)Cn2nnc3ccccc32)[C@@H](C(=O)NC(C)(C)C)c2ccccc2)cc1. The van der Waals surface area contributed by atoms with Gasteiger partial charge in [0.1, 0.15) is 18.1 Å². The summed E-state index contributed by atoms with van der Waals surface area (Å²) >= 11 is 0. The normalized spacial score (nSPS) is 12.3. The van der Waals surface area contributed by atoms with Crippen LogP contribution in [-0.4, -0.2) is 37.2 Å². The Hall–Kier alpha value is -4.00. The molecule has 180 valence electrons. The highest BCUT2D eigenvalue weighted by Gasteiger charge is 2.33. The van der Waals surface area contributed by atoms with Crippen molar-refractivity contribution in [1.29, 1.82) is 0 Å². The Labute approximate surface area is 205 Å². The van der Waals surface area contributed by atoms with Crippen LogP contribution in [0.3, 0.4) is 0 Å². The number of carbonyl (C=O) groups excluding carboxylic acids is 2. The van der Waals surface area contributed by atoms with Gasteiger partial charge in [0.15, 0.2) is 0 Å². The number of nitrogens with one attached hydrogen (secondary N) is 1. The molecule has 7 heteroatoms. The van der Waals surface area contributed by atoms with Crippen LogP contribution in [0.25, 0.3) is 11.0 Å².